The summed E-state index contributed by atoms with van der Waals surface area (Å²) in [6.07, 6.45) is -0.704. The molecule has 1 atom stereocenters. The SMILES string of the molecule is C=C(C)C(=O)OC(C)OCCOc1ccc(C(=O)c2ccc(C(C)(C)C)cc2O)cc1. The number of hydrogen-bond acceptors (Lipinski definition) is 6. The Hall–Kier alpha value is -3.12. The molecule has 0 spiro atoms. The van der Waals surface area contributed by atoms with Gasteiger partial charge in [0.25, 0.3) is 0 Å². The zero-order chi connectivity index (χ0) is 23.2. The Kier molecular flexibility index (Phi) is 8.00. The lowest BCUT2D eigenvalue weighted by Crippen LogP contribution is -2.21. The second-order valence-corrected chi connectivity index (χ2v) is 8.31. The molecule has 0 heterocycles. The van der Waals surface area contributed by atoms with E-state index < -0.39 is 12.3 Å². The van der Waals surface area contributed by atoms with E-state index >= 15 is 0 Å². The maximum absolute atomic E-state index is 12.7. The highest BCUT2D eigenvalue weighted by Gasteiger charge is 2.19. The molecule has 0 amide bonds. The monoisotopic (exact) mass is 426 g/mol. The normalized spacial score (nSPS) is 12.2. The van der Waals surface area contributed by atoms with Crippen LogP contribution in [0.3, 0.4) is 0 Å². The molecule has 1 N–H and O–H groups in total. The van der Waals surface area contributed by atoms with E-state index in [0.717, 1.165) is 5.56 Å². The molecule has 0 bridgehead atoms. The molecule has 0 aromatic heterocycles. The Morgan fingerprint density at radius 3 is 2.26 bits per heavy atom. The van der Waals surface area contributed by atoms with Crippen molar-refractivity contribution in [2.45, 2.75) is 46.3 Å². The van der Waals surface area contributed by atoms with Gasteiger partial charge >= 0.3 is 5.97 Å². The van der Waals surface area contributed by atoms with Crippen molar-refractivity contribution in [1.29, 1.82) is 0 Å². The van der Waals surface area contributed by atoms with Gasteiger partial charge in [-0.25, -0.2) is 4.79 Å². The molecule has 0 saturated carbocycles. The second kappa shape index (κ2) is 10.3. The number of ketones is 1. The first-order chi connectivity index (χ1) is 14.5. The highest BCUT2D eigenvalue weighted by molar-refractivity contribution is 6.10. The average Bonchev–Trinajstić information content (AvgIpc) is 2.70. The number of esters is 1. The van der Waals surface area contributed by atoms with E-state index in [1.54, 1.807) is 50.2 Å². The lowest BCUT2D eigenvalue weighted by molar-refractivity contribution is -0.171. The van der Waals surface area contributed by atoms with Crippen molar-refractivity contribution in [3.63, 3.8) is 0 Å². The van der Waals surface area contributed by atoms with Crippen LogP contribution in [0, 0.1) is 0 Å². The Labute approximate surface area is 183 Å². The van der Waals surface area contributed by atoms with E-state index in [9.17, 15) is 14.7 Å². The van der Waals surface area contributed by atoms with Gasteiger partial charge in [0.1, 0.15) is 18.1 Å². The van der Waals surface area contributed by atoms with Gasteiger partial charge in [0.2, 0.25) is 6.29 Å². The smallest absolute Gasteiger partial charge is 0.335 e. The third kappa shape index (κ3) is 6.96. The van der Waals surface area contributed by atoms with E-state index in [1.807, 2.05) is 26.8 Å². The minimum atomic E-state index is -0.704. The van der Waals surface area contributed by atoms with Gasteiger partial charge in [0.15, 0.2) is 5.78 Å². The zero-order valence-corrected chi connectivity index (χ0v) is 18.7. The first-order valence-electron chi connectivity index (χ1n) is 10.1. The van der Waals surface area contributed by atoms with Crippen LogP contribution in [0.2, 0.25) is 0 Å². The van der Waals surface area contributed by atoms with E-state index in [2.05, 4.69) is 6.58 Å². The Morgan fingerprint density at radius 2 is 1.71 bits per heavy atom. The zero-order valence-electron chi connectivity index (χ0n) is 18.7. The molecule has 0 aliphatic heterocycles. The maximum Gasteiger partial charge on any atom is 0.335 e. The largest absolute Gasteiger partial charge is 0.507 e. The molecule has 0 aliphatic rings. The first-order valence-corrected chi connectivity index (χ1v) is 10.1. The molecular weight excluding hydrogens is 396 g/mol. The van der Waals surface area contributed by atoms with Crippen LogP contribution in [0.15, 0.2) is 54.6 Å². The third-order valence-electron chi connectivity index (χ3n) is 4.55. The van der Waals surface area contributed by atoms with Gasteiger partial charge < -0.3 is 19.3 Å². The Balaban J connectivity index is 1.90. The van der Waals surface area contributed by atoms with Crippen LogP contribution in [0.25, 0.3) is 0 Å². The molecule has 1 unspecified atom stereocenters. The van der Waals surface area contributed by atoms with Crippen LogP contribution < -0.4 is 4.74 Å². The van der Waals surface area contributed by atoms with Crippen LogP contribution in [0.5, 0.6) is 11.5 Å². The van der Waals surface area contributed by atoms with Crippen LogP contribution in [-0.2, 0) is 19.7 Å². The summed E-state index contributed by atoms with van der Waals surface area (Å²) in [6.45, 7) is 13.3. The molecule has 0 fully saturated rings. The number of benzene rings is 2. The number of carbonyl (C=O) groups excluding carboxylic acids is 2. The summed E-state index contributed by atoms with van der Waals surface area (Å²) < 4.78 is 16.0. The molecule has 2 rings (SSSR count). The standard InChI is InChI=1S/C25H30O6/c1-16(2)24(28)31-17(3)29-13-14-30-20-10-7-18(8-11-20)23(27)21-12-9-19(15-22(21)26)25(4,5)6/h7-12,15,17,26H,1,13-14H2,2-6H3. The summed E-state index contributed by atoms with van der Waals surface area (Å²) in [7, 11) is 0. The van der Waals surface area contributed by atoms with Crippen molar-refractivity contribution in [1.82, 2.24) is 0 Å². The summed E-state index contributed by atoms with van der Waals surface area (Å²) in [5.41, 5.74) is 1.85. The fourth-order valence-corrected chi connectivity index (χ4v) is 2.71. The lowest BCUT2D eigenvalue weighted by Gasteiger charge is -2.19. The minimum Gasteiger partial charge on any atom is -0.507 e. The summed E-state index contributed by atoms with van der Waals surface area (Å²) >= 11 is 0. The summed E-state index contributed by atoms with van der Waals surface area (Å²) in [5, 5.41) is 10.3. The molecule has 31 heavy (non-hydrogen) atoms. The van der Waals surface area contributed by atoms with Gasteiger partial charge in [-0.05, 0) is 61.2 Å². The van der Waals surface area contributed by atoms with Crippen LogP contribution in [-0.4, -0.2) is 36.4 Å². The lowest BCUT2D eigenvalue weighted by atomic mass is 9.86. The van der Waals surface area contributed by atoms with Gasteiger partial charge in [-0.1, -0.05) is 33.4 Å². The van der Waals surface area contributed by atoms with Gasteiger partial charge in [0.05, 0.1) is 12.2 Å². The predicted octanol–water partition coefficient (Wildman–Crippen LogP) is 4.78. The highest BCUT2D eigenvalue weighted by Crippen LogP contribution is 2.29. The van der Waals surface area contributed by atoms with Crippen LogP contribution in [0.4, 0.5) is 0 Å². The molecule has 0 aliphatic carbocycles. The number of carbonyl (C=O) groups is 2. The molecule has 6 nitrogen and oxygen atoms in total. The number of aromatic hydroxyl groups is 1. The summed E-state index contributed by atoms with van der Waals surface area (Å²) in [4.78, 5) is 24.1. The first kappa shape index (κ1) is 24.2. The van der Waals surface area contributed by atoms with Crippen molar-refractivity contribution in [2.75, 3.05) is 13.2 Å². The predicted molar refractivity (Wildman–Crippen MR) is 118 cm³/mol. The molecule has 6 heteroatoms. The van der Waals surface area contributed by atoms with E-state index in [4.69, 9.17) is 14.2 Å². The number of hydrogen-bond donors (Lipinski definition) is 1. The van der Waals surface area contributed by atoms with E-state index in [-0.39, 0.29) is 35.7 Å². The van der Waals surface area contributed by atoms with Crippen molar-refractivity contribution in [2.24, 2.45) is 0 Å². The molecule has 0 radical (unpaired) electrons. The second-order valence-electron chi connectivity index (χ2n) is 8.31. The molecule has 2 aromatic carbocycles. The molecular formula is C25H30O6. The van der Waals surface area contributed by atoms with E-state index in [0.29, 0.717) is 16.9 Å². The number of phenols is 1. The Bertz CT molecular complexity index is 937. The average molecular weight is 427 g/mol. The van der Waals surface area contributed by atoms with Crippen LogP contribution in [0.1, 0.15) is 56.1 Å². The van der Waals surface area contributed by atoms with Gasteiger partial charge in [-0.2, -0.15) is 0 Å². The summed E-state index contributed by atoms with van der Waals surface area (Å²) in [5.74, 6) is -0.232. The third-order valence-corrected chi connectivity index (χ3v) is 4.55. The summed E-state index contributed by atoms with van der Waals surface area (Å²) in [6, 6.07) is 11.8. The molecule has 166 valence electrons. The number of ether oxygens (including phenoxy) is 3. The number of rotatable bonds is 9. The van der Waals surface area contributed by atoms with Crippen molar-refractivity contribution >= 4 is 11.8 Å². The van der Waals surface area contributed by atoms with Crippen molar-refractivity contribution in [3.05, 3.63) is 71.3 Å². The topological polar surface area (TPSA) is 82.1 Å². The van der Waals surface area contributed by atoms with Crippen LogP contribution >= 0.6 is 0 Å². The minimum absolute atomic E-state index is 0.0311. The fourth-order valence-electron chi connectivity index (χ4n) is 2.71. The Morgan fingerprint density at radius 1 is 1.06 bits per heavy atom. The quantitative estimate of drug-likeness (QED) is 0.204. The van der Waals surface area contributed by atoms with Gasteiger partial charge in [0, 0.05) is 11.1 Å². The molecule has 2 aromatic rings. The van der Waals surface area contributed by atoms with Gasteiger partial charge in [-0.3, -0.25) is 4.79 Å². The van der Waals surface area contributed by atoms with E-state index in [1.165, 1.54) is 0 Å². The highest BCUT2D eigenvalue weighted by atomic mass is 16.7. The number of phenolic OH excluding ortho intramolecular Hbond substituents is 1. The fraction of sp³-hybridized carbons (Fsp3) is 0.360. The maximum atomic E-state index is 12.7. The molecule has 0 saturated heterocycles. The van der Waals surface area contributed by atoms with Crippen molar-refractivity contribution < 1.29 is 28.9 Å². The van der Waals surface area contributed by atoms with Gasteiger partial charge in [-0.15, -0.1) is 0 Å². The van der Waals surface area contributed by atoms with Crippen molar-refractivity contribution in [3.8, 4) is 11.5 Å².